The van der Waals surface area contributed by atoms with Crippen LogP contribution in [0.4, 0.5) is 5.82 Å². The molecule has 0 amide bonds. The smallest absolute Gasteiger partial charge is 0.335 e. The van der Waals surface area contributed by atoms with Crippen molar-refractivity contribution in [1.29, 1.82) is 0 Å². The first-order valence-electron chi connectivity index (χ1n) is 8.69. The quantitative estimate of drug-likeness (QED) is 0.754. The number of nitrogen functional groups attached to an aromatic ring is 1. The van der Waals surface area contributed by atoms with Gasteiger partial charge < -0.3 is 10.5 Å². The molecule has 1 unspecified atom stereocenters. The molecule has 0 saturated carbocycles. The van der Waals surface area contributed by atoms with Gasteiger partial charge in [0.2, 0.25) is 0 Å². The normalized spacial score (nSPS) is 21.9. The van der Waals surface area contributed by atoms with Crippen molar-refractivity contribution < 1.29 is 14.2 Å². The molecule has 1 atom stereocenters. The first kappa shape index (κ1) is 18.4. The maximum Gasteiger partial charge on any atom is 0.335 e. The lowest BCUT2D eigenvalue weighted by Crippen LogP contribution is -2.42. The number of nitrogens with one attached hydrogen (secondary N) is 1. The van der Waals surface area contributed by atoms with Gasteiger partial charge in [0.05, 0.1) is 36.4 Å². The lowest BCUT2D eigenvalue weighted by atomic mass is 9.91. The highest BCUT2D eigenvalue weighted by Crippen LogP contribution is 2.44. The molecule has 2 aromatic rings. The first-order chi connectivity index (χ1) is 13.2. The van der Waals surface area contributed by atoms with Crippen LogP contribution in [-0.4, -0.2) is 39.3 Å². The molecule has 3 N–H and O–H groups in total. The predicted molar refractivity (Wildman–Crippen MR) is 106 cm³/mol. The van der Waals surface area contributed by atoms with E-state index < -0.39 is 0 Å². The molecule has 0 bridgehead atoms. The molecule has 5 rings (SSSR count). The number of hydrogen-bond acceptors (Lipinski definition) is 6. The molecule has 0 radical (unpaired) electrons. The molecule has 3 aliphatic rings. The predicted octanol–water partition coefficient (Wildman–Crippen LogP) is 1.26. The third-order valence-electron chi connectivity index (χ3n) is 5.28. The van der Waals surface area contributed by atoms with Crippen LogP contribution < -0.4 is 16.2 Å². The van der Waals surface area contributed by atoms with E-state index in [0.29, 0.717) is 23.0 Å². The van der Waals surface area contributed by atoms with Gasteiger partial charge in [0.15, 0.2) is 17.7 Å². The minimum absolute atomic E-state index is 0. The van der Waals surface area contributed by atoms with Crippen LogP contribution in [0, 0.1) is 0 Å². The van der Waals surface area contributed by atoms with Crippen LogP contribution in [0.3, 0.4) is 0 Å². The fourth-order valence-electron chi connectivity index (χ4n) is 4.08. The Morgan fingerprint density at radius 3 is 2.86 bits per heavy atom. The average molecular weight is 400 g/mol. The Bertz CT molecular complexity index is 1180. The SMILES string of the molecule is COC1=CC2=C(C=CCC2)C2=c3c(-c4c[nH]nc4N)nncc3=C[N+]12OC.Cl. The number of halogens is 1. The van der Waals surface area contributed by atoms with E-state index in [-0.39, 0.29) is 17.1 Å². The Morgan fingerprint density at radius 1 is 1.29 bits per heavy atom. The van der Waals surface area contributed by atoms with Crippen LogP contribution >= 0.6 is 12.4 Å². The highest BCUT2D eigenvalue weighted by molar-refractivity contribution is 5.85. The molecule has 1 aliphatic carbocycles. The number of methoxy groups -OCH3 is 1. The van der Waals surface area contributed by atoms with Gasteiger partial charge in [0.1, 0.15) is 5.69 Å². The van der Waals surface area contributed by atoms with Crippen molar-refractivity contribution in [3.63, 3.8) is 0 Å². The molecule has 0 spiro atoms. The number of fused-ring (bicyclic) bond motifs is 3. The number of nitrogens with zero attached hydrogens (tertiary/aromatic N) is 4. The molecule has 28 heavy (non-hydrogen) atoms. The molecule has 2 aliphatic heterocycles. The number of hydroxylamine groups is 3. The number of nitrogens with two attached hydrogens (primary N) is 1. The van der Waals surface area contributed by atoms with E-state index in [9.17, 15) is 0 Å². The number of rotatable bonds is 3. The summed E-state index contributed by atoms with van der Waals surface area (Å²) in [5.41, 5.74) is 10.7. The molecule has 4 heterocycles. The lowest BCUT2D eigenvalue weighted by molar-refractivity contribution is -0.962. The van der Waals surface area contributed by atoms with Gasteiger partial charge in [-0.2, -0.15) is 15.0 Å². The van der Waals surface area contributed by atoms with E-state index in [2.05, 4.69) is 38.6 Å². The van der Waals surface area contributed by atoms with Crippen LogP contribution in [0.25, 0.3) is 23.2 Å². The van der Waals surface area contributed by atoms with Gasteiger partial charge in [-0.1, -0.05) is 16.8 Å². The summed E-state index contributed by atoms with van der Waals surface area (Å²) in [5.74, 6) is 1.08. The van der Waals surface area contributed by atoms with Gasteiger partial charge in [0, 0.05) is 17.8 Å². The van der Waals surface area contributed by atoms with Gasteiger partial charge in [-0.05, 0) is 18.4 Å². The largest absolute Gasteiger partial charge is 0.452 e. The minimum Gasteiger partial charge on any atom is -0.452 e. The number of quaternary nitrogens is 1. The highest BCUT2D eigenvalue weighted by Gasteiger charge is 2.49. The number of H-pyrrole nitrogens is 1. The third-order valence-corrected chi connectivity index (χ3v) is 5.28. The summed E-state index contributed by atoms with van der Waals surface area (Å²) >= 11 is 0. The van der Waals surface area contributed by atoms with E-state index in [1.165, 1.54) is 5.57 Å². The summed E-state index contributed by atoms with van der Waals surface area (Å²) in [4.78, 5) is 6.01. The maximum absolute atomic E-state index is 6.06. The van der Waals surface area contributed by atoms with E-state index in [1.807, 2.05) is 6.20 Å². The standard InChI is InChI=1S/C19H19N6O2.ClH/c1-26-15-7-11-5-3-4-6-13(11)18-16-12(10-25(15,18)27-2)8-21-23-17(16)14-9-22-24-19(14)20;/h4,6-10H,3,5H2,1-2H3,(H3,20,22,24);1H/q+1;. The van der Waals surface area contributed by atoms with Crippen LogP contribution in [0.1, 0.15) is 12.8 Å². The molecule has 2 aromatic heterocycles. The molecule has 0 saturated heterocycles. The lowest BCUT2D eigenvalue weighted by Gasteiger charge is -2.34. The van der Waals surface area contributed by atoms with Gasteiger partial charge in [-0.15, -0.1) is 17.5 Å². The fourth-order valence-corrected chi connectivity index (χ4v) is 4.08. The summed E-state index contributed by atoms with van der Waals surface area (Å²) in [6.07, 6.45) is 13.8. The van der Waals surface area contributed by atoms with Crippen LogP contribution in [-0.2, 0) is 9.57 Å². The van der Waals surface area contributed by atoms with Crippen molar-refractivity contribution in [2.24, 2.45) is 0 Å². The summed E-state index contributed by atoms with van der Waals surface area (Å²) < 4.78 is 5.77. The molecular formula is C19H20ClN6O2+. The monoisotopic (exact) mass is 399 g/mol. The van der Waals surface area contributed by atoms with E-state index in [0.717, 1.165) is 34.5 Å². The average Bonchev–Trinajstić information content (AvgIpc) is 3.28. The zero-order valence-corrected chi connectivity index (χ0v) is 16.3. The van der Waals surface area contributed by atoms with E-state index >= 15 is 0 Å². The Labute approximate surface area is 167 Å². The van der Waals surface area contributed by atoms with Crippen molar-refractivity contribution in [3.05, 3.63) is 58.1 Å². The van der Waals surface area contributed by atoms with Crippen molar-refractivity contribution in [3.8, 4) is 11.3 Å². The maximum atomic E-state index is 6.06. The number of allylic oxidation sites excluding steroid dienone is 3. The molecule has 144 valence electrons. The third kappa shape index (κ3) is 2.29. The van der Waals surface area contributed by atoms with Crippen molar-refractivity contribution in [1.82, 2.24) is 20.4 Å². The van der Waals surface area contributed by atoms with Gasteiger partial charge in [-0.3, -0.25) is 5.10 Å². The van der Waals surface area contributed by atoms with Crippen LogP contribution in [0.15, 0.2) is 47.7 Å². The molecule has 9 heteroatoms. The van der Waals surface area contributed by atoms with Crippen LogP contribution in [0.5, 0.6) is 0 Å². The summed E-state index contributed by atoms with van der Waals surface area (Å²) in [7, 11) is 3.33. The van der Waals surface area contributed by atoms with Crippen molar-refractivity contribution >= 4 is 30.1 Å². The molecule has 8 nitrogen and oxygen atoms in total. The number of ether oxygens (including phenoxy) is 1. The highest BCUT2D eigenvalue weighted by atomic mass is 35.5. The summed E-state index contributed by atoms with van der Waals surface area (Å²) in [6, 6.07) is 0. The number of aromatic amines is 1. The number of anilines is 1. The Balaban J connectivity index is 0.00000192. The Morgan fingerprint density at radius 2 is 2.14 bits per heavy atom. The zero-order valence-electron chi connectivity index (χ0n) is 15.5. The summed E-state index contributed by atoms with van der Waals surface area (Å²) in [6.45, 7) is 0. The van der Waals surface area contributed by atoms with E-state index in [4.69, 9.17) is 15.3 Å². The minimum atomic E-state index is 0. The van der Waals surface area contributed by atoms with Gasteiger partial charge >= 0.3 is 5.88 Å². The molecule has 0 aromatic carbocycles. The fraction of sp³-hybridized carbons (Fsp3) is 0.211. The topological polar surface area (TPSA) is 98.9 Å². The second-order valence-electron chi connectivity index (χ2n) is 6.59. The van der Waals surface area contributed by atoms with Crippen molar-refractivity contribution in [2.45, 2.75) is 12.8 Å². The number of aromatic nitrogens is 4. The van der Waals surface area contributed by atoms with Gasteiger partial charge in [-0.25, -0.2) is 0 Å². The Hall–Kier alpha value is -2.94. The number of hydrogen-bond donors (Lipinski definition) is 2. The molecular weight excluding hydrogens is 380 g/mol. The molecule has 0 fully saturated rings. The van der Waals surface area contributed by atoms with Gasteiger partial charge in [0.25, 0.3) is 0 Å². The first-order valence-corrected chi connectivity index (χ1v) is 8.69. The summed E-state index contributed by atoms with van der Waals surface area (Å²) in [5, 5.41) is 17.3. The van der Waals surface area contributed by atoms with E-state index in [1.54, 1.807) is 26.6 Å². The Kier molecular flexibility index (Phi) is 4.34. The second kappa shape index (κ2) is 6.59. The zero-order chi connectivity index (χ0) is 18.6. The second-order valence-corrected chi connectivity index (χ2v) is 6.59. The van der Waals surface area contributed by atoms with Crippen molar-refractivity contribution in [2.75, 3.05) is 20.0 Å². The van der Waals surface area contributed by atoms with Crippen LogP contribution in [0.2, 0.25) is 0 Å².